The van der Waals surface area contributed by atoms with Crippen LogP contribution in [0.2, 0.25) is 0 Å². The smallest absolute Gasteiger partial charge is 0.254 e. The average molecular weight is 246 g/mol. The molecule has 2 N–H and O–H groups in total. The number of carbonyl (C=O) groups is 1. The van der Waals surface area contributed by atoms with Gasteiger partial charge in [-0.05, 0) is 30.0 Å². The molecule has 18 heavy (non-hydrogen) atoms. The van der Waals surface area contributed by atoms with Gasteiger partial charge in [0.05, 0.1) is 0 Å². The van der Waals surface area contributed by atoms with Crippen molar-refractivity contribution in [3.63, 3.8) is 0 Å². The molecule has 0 radical (unpaired) electrons. The lowest BCUT2D eigenvalue weighted by Crippen LogP contribution is -2.40. The zero-order chi connectivity index (χ0) is 13.1. The Hall–Kier alpha value is -1.51. The van der Waals surface area contributed by atoms with Crippen molar-refractivity contribution in [1.82, 2.24) is 4.90 Å². The first-order valence-electron chi connectivity index (χ1n) is 6.83. The monoisotopic (exact) mass is 246 g/mol. The van der Waals surface area contributed by atoms with Gasteiger partial charge in [0.2, 0.25) is 0 Å². The Morgan fingerprint density at radius 2 is 2.06 bits per heavy atom. The second kappa shape index (κ2) is 5.42. The van der Waals surface area contributed by atoms with E-state index < -0.39 is 0 Å². The second-order valence-corrected chi connectivity index (χ2v) is 5.10. The van der Waals surface area contributed by atoms with Gasteiger partial charge >= 0.3 is 0 Å². The highest BCUT2D eigenvalue weighted by molar-refractivity contribution is 5.97. The third-order valence-corrected chi connectivity index (χ3v) is 3.94. The lowest BCUT2D eigenvalue weighted by atomic mass is 9.96. The highest BCUT2D eigenvalue weighted by Crippen LogP contribution is 2.23. The zero-order valence-corrected chi connectivity index (χ0v) is 11.3. The minimum Gasteiger partial charge on any atom is -0.399 e. The van der Waals surface area contributed by atoms with Crippen LogP contribution in [-0.2, 0) is 6.42 Å². The van der Waals surface area contributed by atoms with Gasteiger partial charge in [-0.2, -0.15) is 0 Å². The summed E-state index contributed by atoms with van der Waals surface area (Å²) in [6.45, 7) is 6.09. The van der Waals surface area contributed by atoms with Crippen LogP contribution in [0.5, 0.6) is 0 Å². The van der Waals surface area contributed by atoms with Crippen LogP contribution in [0.1, 0.15) is 42.6 Å². The molecule has 0 spiro atoms. The van der Waals surface area contributed by atoms with Gasteiger partial charge in [0.1, 0.15) is 0 Å². The molecule has 98 valence electrons. The van der Waals surface area contributed by atoms with E-state index >= 15 is 0 Å². The Morgan fingerprint density at radius 3 is 2.72 bits per heavy atom. The molecule has 0 bridgehead atoms. The van der Waals surface area contributed by atoms with E-state index in [0.29, 0.717) is 11.6 Å². The summed E-state index contributed by atoms with van der Waals surface area (Å²) in [5.41, 5.74) is 8.38. The average Bonchev–Trinajstić information content (AvgIpc) is 2.39. The number of amides is 1. The van der Waals surface area contributed by atoms with Crippen molar-refractivity contribution in [1.29, 1.82) is 0 Å². The maximum Gasteiger partial charge on any atom is 0.254 e. The van der Waals surface area contributed by atoms with E-state index in [1.807, 2.05) is 23.1 Å². The van der Waals surface area contributed by atoms with Crippen molar-refractivity contribution in [2.24, 2.45) is 5.92 Å². The lowest BCUT2D eigenvalue weighted by Gasteiger charge is -2.31. The number of fused-ring (bicyclic) bond motifs is 1. The fourth-order valence-corrected chi connectivity index (χ4v) is 2.57. The standard InChI is InChI=1S/C15H22N2O/c1-3-11(4-2)10-17-8-7-12-5-6-13(16)9-14(12)15(17)18/h5-6,9,11H,3-4,7-8,10,16H2,1-2H3. The number of benzene rings is 1. The normalized spacial score (nSPS) is 15.1. The molecule has 0 saturated heterocycles. The largest absolute Gasteiger partial charge is 0.399 e. The van der Waals surface area contributed by atoms with Crippen molar-refractivity contribution >= 4 is 11.6 Å². The summed E-state index contributed by atoms with van der Waals surface area (Å²) in [4.78, 5) is 14.4. The van der Waals surface area contributed by atoms with E-state index in [2.05, 4.69) is 13.8 Å². The lowest BCUT2D eigenvalue weighted by molar-refractivity contribution is 0.0708. The quantitative estimate of drug-likeness (QED) is 0.830. The fourth-order valence-electron chi connectivity index (χ4n) is 2.57. The van der Waals surface area contributed by atoms with Crippen LogP contribution in [0.3, 0.4) is 0 Å². The fraction of sp³-hybridized carbons (Fsp3) is 0.533. The van der Waals surface area contributed by atoms with Crippen molar-refractivity contribution < 1.29 is 4.79 Å². The Labute approximate surface area is 109 Å². The first-order chi connectivity index (χ1) is 8.65. The van der Waals surface area contributed by atoms with Crippen LogP contribution in [-0.4, -0.2) is 23.9 Å². The van der Waals surface area contributed by atoms with Crippen LogP contribution in [0.15, 0.2) is 18.2 Å². The van der Waals surface area contributed by atoms with Crippen molar-refractivity contribution in [3.8, 4) is 0 Å². The van der Waals surface area contributed by atoms with Crippen molar-refractivity contribution in [3.05, 3.63) is 29.3 Å². The molecule has 1 aromatic rings. The minimum absolute atomic E-state index is 0.149. The summed E-state index contributed by atoms with van der Waals surface area (Å²) >= 11 is 0. The SMILES string of the molecule is CCC(CC)CN1CCc2ccc(N)cc2C1=O. The van der Waals surface area contributed by atoms with Gasteiger partial charge in [-0.15, -0.1) is 0 Å². The van der Waals surface area contributed by atoms with Gasteiger partial charge in [0.15, 0.2) is 0 Å². The predicted molar refractivity (Wildman–Crippen MR) is 74.5 cm³/mol. The molecule has 1 aliphatic heterocycles. The van der Waals surface area contributed by atoms with Gasteiger partial charge < -0.3 is 10.6 Å². The molecule has 1 heterocycles. The topological polar surface area (TPSA) is 46.3 Å². The zero-order valence-electron chi connectivity index (χ0n) is 11.3. The molecule has 1 aliphatic rings. The van der Waals surface area contributed by atoms with Crippen LogP contribution in [0, 0.1) is 5.92 Å². The van der Waals surface area contributed by atoms with E-state index in [-0.39, 0.29) is 5.91 Å². The molecule has 3 heteroatoms. The number of hydrogen-bond acceptors (Lipinski definition) is 2. The minimum atomic E-state index is 0.149. The van der Waals surface area contributed by atoms with E-state index in [0.717, 1.165) is 43.5 Å². The third-order valence-electron chi connectivity index (χ3n) is 3.94. The molecule has 0 fully saturated rings. The molecule has 1 aromatic carbocycles. The molecule has 2 rings (SSSR count). The first kappa shape index (κ1) is 12.9. The number of nitrogens with zero attached hydrogens (tertiary/aromatic N) is 1. The molecule has 0 unspecified atom stereocenters. The maximum absolute atomic E-state index is 12.4. The van der Waals surface area contributed by atoms with Crippen molar-refractivity contribution in [2.45, 2.75) is 33.1 Å². The Balaban J connectivity index is 2.17. The first-order valence-corrected chi connectivity index (χ1v) is 6.83. The molecule has 0 aromatic heterocycles. The molecular formula is C15H22N2O. The van der Waals surface area contributed by atoms with E-state index in [1.165, 1.54) is 0 Å². The predicted octanol–water partition coefficient (Wildman–Crippen LogP) is 2.70. The van der Waals surface area contributed by atoms with Crippen LogP contribution >= 0.6 is 0 Å². The summed E-state index contributed by atoms with van der Waals surface area (Å²) in [5, 5.41) is 0. The highest BCUT2D eigenvalue weighted by Gasteiger charge is 2.25. The van der Waals surface area contributed by atoms with Gasteiger partial charge in [0, 0.05) is 24.3 Å². The molecule has 3 nitrogen and oxygen atoms in total. The summed E-state index contributed by atoms with van der Waals surface area (Å²) in [7, 11) is 0. The molecule has 0 aliphatic carbocycles. The molecule has 0 atom stereocenters. The Morgan fingerprint density at radius 1 is 1.33 bits per heavy atom. The van der Waals surface area contributed by atoms with Gasteiger partial charge in [0.25, 0.3) is 5.91 Å². The second-order valence-electron chi connectivity index (χ2n) is 5.10. The molecule has 0 saturated carbocycles. The highest BCUT2D eigenvalue weighted by atomic mass is 16.2. The number of nitrogen functional groups attached to an aromatic ring is 1. The van der Waals surface area contributed by atoms with Gasteiger partial charge in [-0.1, -0.05) is 32.8 Å². The van der Waals surface area contributed by atoms with E-state index in [1.54, 1.807) is 0 Å². The molecule has 1 amide bonds. The third kappa shape index (κ3) is 2.50. The number of rotatable bonds is 4. The van der Waals surface area contributed by atoms with Gasteiger partial charge in [-0.25, -0.2) is 0 Å². The Bertz CT molecular complexity index is 438. The van der Waals surface area contributed by atoms with Crippen LogP contribution in [0.25, 0.3) is 0 Å². The number of anilines is 1. The summed E-state index contributed by atoms with van der Waals surface area (Å²) in [6, 6.07) is 5.68. The maximum atomic E-state index is 12.4. The van der Waals surface area contributed by atoms with Crippen molar-refractivity contribution in [2.75, 3.05) is 18.8 Å². The summed E-state index contributed by atoms with van der Waals surface area (Å²) in [6.07, 6.45) is 3.20. The van der Waals surface area contributed by atoms with E-state index in [9.17, 15) is 4.79 Å². The number of nitrogens with two attached hydrogens (primary N) is 1. The van der Waals surface area contributed by atoms with Gasteiger partial charge in [-0.3, -0.25) is 4.79 Å². The summed E-state index contributed by atoms with van der Waals surface area (Å²) < 4.78 is 0. The Kier molecular flexibility index (Phi) is 3.90. The van der Waals surface area contributed by atoms with Crippen LogP contribution < -0.4 is 5.73 Å². The number of hydrogen-bond donors (Lipinski definition) is 1. The van der Waals surface area contributed by atoms with Crippen LogP contribution in [0.4, 0.5) is 5.69 Å². The van der Waals surface area contributed by atoms with E-state index in [4.69, 9.17) is 5.73 Å². The molecular weight excluding hydrogens is 224 g/mol. The number of carbonyl (C=O) groups excluding carboxylic acids is 1. The summed E-state index contributed by atoms with van der Waals surface area (Å²) in [5.74, 6) is 0.756.